The second-order valence-corrected chi connectivity index (χ2v) is 14.8. The maximum absolute atomic E-state index is 13.6. The number of piperidine rings is 1. The van der Waals surface area contributed by atoms with Crippen molar-refractivity contribution >= 4 is 21.8 Å². The number of ether oxygens (including phenoxy) is 1. The number of rotatable bonds is 16. The van der Waals surface area contributed by atoms with Crippen LogP contribution in [-0.2, 0) is 19.4 Å². The molecule has 1 aliphatic heterocycles. The smallest absolute Gasteiger partial charge is 0.410 e. The van der Waals surface area contributed by atoms with E-state index in [0.717, 1.165) is 31.9 Å². The largest absolute Gasteiger partial charge is 0.444 e. The molecule has 0 saturated carbocycles. The molecule has 1 fully saturated rings. The summed E-state index contributed by atoms with van der Waals surface area (Å²) in [6.45, 7) is 7.43. The standard InChI is InChI=1S/C32H54N2O7S/c1-6-7-8-9-10-11-12-13-14-15-24-20-21-34(31(38)41-32(2,3)4)28(22-24)30(37)33-27(23-35)29(36)25-16-18-26(19-17-25)42(5,39)40/h16-19,24,27-29,35-36H,6-15,20-23H2,1-5H3,(H,33,37)/t24-,27+,28+,29+/m1/s1. The molecule has 0 aromatic heterocycles. The van der Waals surface area contributed by atoms with E-state index in [1.807, 2.05) is 0 Å². The Kier molecular flexibility index (Phi) is 14.8. The van der Waals surface area contributed by atoms with Gasteiger partial charge in [-0.15, -0.1) is 0 Å². The number of unbranched alkanes of at least 4 members (excludes halogenated alkanes) is 8. The Morgan fingerprint density at radius 3 is 2.12 bits per heavy atom. The number of aliphatic hydroxyl groups excluding tert-OH is 2. The molecule has 10 heteroatoms. The van der Waals surface area contributed by atoms with Crippen LogP contribution in [0.5, 0.6) is 0 Å². The minimum Gasteiger partial charge on any atom is -0.444 e. The minimum absolute atomic E-state index is 0.108. The van der Waals surface area contributed by atoms with Crippen molar-refractivity contribution < 1.29 is 33.0 Å². The summed E-state index contributed by atoms with van der Waals surface area (Å²) < 4.78 is 29.2. The van der Waals surface area contributed by atoms with E-state index in [1.165, 1.54) is 74.1 Å². The van der Waals surface area contributed by atoms with Crippen LogP contribution in [0.4, 0.5) is 4.79 Å². The summed E-state index contributed by atoms with van der Waals surface area (Å²) in [5.41, 5.74) is -0.356. The van der Waals surface area contributed by atoms with Crippen LogP contribution in [0.25, 0.3) is 0 Å². The average Bonchev–Trinajstić information content (AvgIpc) is 2.93. The normalized spacial score (nSPS) is 19.3. The van der Waals surface area contributed by atoms with Gasteiger partial charge in [0, 0.05) is 12.8 Å². The summed E-state index contributed by atoms with van der Waals surface area (Å²) in [6.07, 6.45) is 12.7. The number of carbonyl (C=O) groups excluding carboxylic acids is 2. The van der Waals surface area contributed by atoms with E-state index in [0.29, 0.717) is 18.5 Å². The first-order valence-electron chi connectivity index (χ1n) is 15.7. The van der Waals surface area contributed by atoms with Gasteiger partial charge >= 0.3 is 6.09 Å². The number of amides is 2. The van der Waals surface area contributed by atoms with Gasteiger partial charge in [0.15, 0.2) is 9.84 Å². The zero-order valence-electron chi connectivity index (χ0n) is 26.3. The number of carbonyl (C=O) groups is 2. The third-order valence-corrected chi connectivity index (χ3v) is 9.04. The molecule has 240 valence electrons. The van der Waals surface area contributed by atoms with E-state index in [2.05, 4.69) is 12.2 Å². The highest BCUT2D eigenvalue weighted by Gasteiger charge is 2.39. The van der Waals surface area contributed by atoms with Crippen LogP contribution in [0.1, 0.15) is 116 Å². The van der Waals surface area contributed by atoms with Gasteiger partial charge in [-0.05, 0) is 57.2 Å². The third-order valence-electron chi connectivity index (χ3n) is 7.91. The van der Waals surface area contributed by atoms with Gasteiger partial charge in [0.25, 0.3) is 0 Å². The van der Waals surface area contributed by atoms with Gasteiger partial charge in [0.05, 0.1) is 17.5 Å². The van der Waals surface area contributed by atoms with Gasteiger partial charge in [0.1, 0.15) is 17.7 Å². The number of sulfone groups is 1. The van der Waals surface area contributed by atoms with Crippen molar-refractivity contribution in [2.24, 2.45) is 5.92 Å². The maximum Gasteiger partial charge on any atom is 0.410 e. The number of hydrogen-bond acceptors (Lipinski definition) is 7. The molecule has 1 aromatic carbocycles. The number of nitrogens with one attached hydrogen (secondary N) is 1. The SMILES string of the molecule is CCCCCCCCCCC[C@@H]1CCN(C(=O)OC(C)(C)C)[C@H](C(=O)N[C@@H](CO)[C@@H](O)c2ccc(S(C)(=O)=O)cc2)C1. The van der Waals surface area contributed by atoms with E-state index >= 15 is 0 Å². The van der Waals surface area contributed by atoms with Crippen molar-refractivity contribution in [2.45, 2.75) is 133 Å². The summed E-state index contributed by atoms with van der Waals surface area (Å²) in [4.78, 5) is 28.2. The highest BCUT2D eigenvalue weighted by molar-refractivity contribution is 7.90. The molecule has 1 aliphatic rings. The molecule has 0 aliphatic carbocycles. The topological polar surface area (TPSA) is 133 Å². The molecular formula is C32H54N2O7S. The van der Waals surface area contributed by atoms with Gasteiger partial charge < -0.3 is 20.3 Å². The van der Waals surface area contributed by atoms with Crippen molar-refractivity contribution in [1.29, 1.82) is 0 Å². The van der Waals surface area contributed by atoms with Crippen LogP contribution >= 0.6 is 0 Å². The average molecular weight is 611 g/mol. The molecule has 1 heterocycles. The lowest BCUT2D eigenvalue weighted by Gasteiger charge is -2.40. The number of benzene rings is 1. The van der Waals surface area contributed by atoms with E-state index in [9.17, 15) is 28.2 Å². The van der Waals surface area contributed by atoms with Gasteiger partial charge in [-0.25, -0.2) is 13.2 Å². The Balaban J connectivity index is 2.04. The van der Waals surface area contributed by atoms with Crippen molar-refractivity contribution in [1.82, 2.24) is 10.2 Å². The molecule has 0 bridgehead atoms. The molecule has 1 aromatic rings. The summed E-state index contributed by atoms with van der Waals surface area (Å²) in [7, 11) is -3.40. The predicted molar refractivity (Wildman–Crippen MR) is 165 cm³/mol. The van der Waals surface area contributed by atoms with Gasteiger partial charge in [0.2, 0.25) is 5.91 Å². The van der Waals surface area contributed by atoms with Gasteiger partial charge in [-0.3, -0.25) is 9.69 Å². The van der Waals surface area contributed by atoms with Crippen LogP contribution in [0.2, 0.25) is 0 Å². The summed E-state index contributed by atoms with van der Waals surface area (Å²) in [6, 6.07) is 3.86. The quantitative estimate of drug-likeness (QED) is 0.209. The molecule has 3 N–H and O–H groups in total. The Morgan fingerprint density at radius 2 is 1.60 bits per heavy atom. The highest BCUT2D eigenvalue weighted by atomic mass is 32.2. The highest BCUT2D eigenvalue weighted by Crippen LogP contribution is 2.30. The molecule has 2 rings (SSSR count). The second-order valence-electron chi connectivity index (χ2n) is 12.8. The molecule has 2 amide bonds. The molecule has 0 radical (unpaired) electrons. The number of likely N-dealkylation sites (tertiary alicyclic amines) is 1. The Labute approximate surface area is 253 Å². The lowest BCUT2D eigenvalue weighted by molar-refractivity contribution is -0.130. The zero-order chi connectivity index (χ0) is 31.3. The maximum atomic E-state index is 13.6. The lowest BCUT2D eigenvalue weighted by Crippen LogP contribution is -2.57. The molecular weight excluding hydrogens is 556 g/mol. The van der Waals surface area contributed by atoms with Crippen LogP contribution in [0.15, 0.2) is 29.2 Å². The summed E-state index contributed by atoms with van der Waals surface area (Å²) >= 11 is 0. The first-order chi connectivity index (χ1) is 19.8. The molecule has 1 saturated heterocycles. The Bertz CT molecular complexity index is 1070. The predicted octanol–water partition coefficient (Wildman–Crippen LogP) is 5.54. The lowest BCUT2D eigenvalue weighted by atomic mass is 9.86. The van der Waals surface area contributed by atoms with Crippen LogP contribution < -0.4 is 5.32 Å². The molecule has 0 unspecified atom stereocenters. The summed E-state index contributed by atoms with van der Waals surface area (Å²) in [5, 5.41) is 23.7. The number of hydrogen-bond donors (Lipinski definition) is 3. The van der Waals surface area contributed by atoms with Crippen molar-refractivity contribution in [3.63, 3.8) is 0 Å². The molecule has 42 heavy (non-hydrogen) atoms. The second kappa shape index (κ2) is 17.2. The zero-order valence-corrected chi connectivity index (χ0v) is 27.1. The van der Waals surface area contributed by atoms with Crippen LogP contribution in [0, 0.1) is 5.92 Å². The molecule has 9 nitrogen and oxygen atoms in total. The van der Waals surface area contributed by atoms with Crippen molar-refractivity contribution in [3.05, 3.63) is 29.8 Å². The van der Waals surface area contributed by atoms with Gasteiger partial charge in [-0.2, -0.15) is 0 Å². The Hall–Kier alpha value is -2.17. The number of aliphatic hydroxyl groups is 2. The van der Waals surface area contributed by atoms with E-state index < -0.39 is 52.2 Å². The van der Waals surface area contributed by atoms with E-state index in [1.54, 1.807) is 20.8 Å². The fourth-order valence-corrected chi connectivity index (χ4v) is 6.11. The first-order valence-corrected chi connectivity index (χ1v) is 17.5. The van der Waals surface area contributed by atoms with Gasteiger partial charge in [-0.1, -0.05) is 83.3 Å². The Morgan fingerprint density at radius 1 is 1.02 bits per heavy atom. The van der Waals surface area contributed by atoms with Crippen LogP contribution in [0.3, 0.4) is 0 Å². The number of nitrogens with zero attached hydrogens (tertiary/aromatic N) is 1. The van der Waals surface area contributed by atoms with E-state index in [4.69, 9.17) is 4.74 Å². The van der Waals surface area contributed by atoms with E-state index in [-0.39, 0.29) is 10.8 Å². The minimum atomic E-state index is -3.40. The van der Waals surface area contributed by atoms with Crippen molar-refractivity contribution in [3.8, 4) is 0 Å². The fraction of sp³-hybridized carbons (Fsp3) is 0.750. The first kappa shape index (κ1) is 36.0. The molecule has 0 spiro atoms. The van der Waals surface area contributed by atoms with Crippen LogP contribution in [-0.4, -0.2) is 72.6 Å². The third kappa shape index (κ3) is 12.2. The van der Waals surface area contributed by atoms with Crippen molar-refractivity contribution in [2.75, 3.05) is 19.4 Å². The molecule has 4 atom stereocenters. The summed E-state index contributed by atoms with van der Waals surface area (Å²) in [5.74, 6) is -0.173. The fourth-order valence-electron chi connectivity index (χ4n) is 5.48. The monoisotopic (exact) mass is 610 g/mol.